The number of nitrogens with zero attached hydrogens (tertiary/aromatic N) is 3. The summed E-state index contributed by atoms with van der Waals surface area (Å²) in [5.41, 5.74) is 5.92. The van der Waals surface area contributed by atoms with Crippen LogP contribution in [0.1, 0.15) is 34.9 Å². The Morgan fingerprint density at radius 1 is 1.04 bits per heavy atom. The second-order valence-corrected chi connectivity index (χ2v) is 7.21. The second kappa shape index (κ2) is 6.51. The number of aromatic nitrogens is 1. The number of anilines is 1. The minimum Gasteiger partial charge on any atom is -0.368 e. The zero-order chi connectivity index (χ0) is 17.4. The number of hydrogen-bond donors (Lipinski definition) is 0. The highest BCUT2D eigenvalue weighted by Crippen LogP contribution is 2.34. The third kappa shape index (κ3) is 3.13. The van der Waals surface area contributed by atoms with Crippen molar-refractivity contribution < 1.29 is 4.79 Å². The SMILES string of the molecule is Cc1cc(N2CCN(C(=O)[C@@H]3CCc4ccccc43)CC2)cc(C)n1. The Morgan fingerprint density at radius 3 is 2.44 bits per heavy atom. The summed E-state index contributed by atoms with van der Waals surface area (Å²) in [5, 5.41) is 0. The van der Waals surface area contributed by atoms with Crippen molar-refractivity contribution in [2.75, 3.05) is 31.1 Å². The lowest BCUT2D eigenvalue weighted by Gasteiger charge is -2.37. The Balaban J connectivity index is 1.43. The number of benzene rings is 1. The van der Waals surface area contributed by atoms with E-state index in [2.05, 4.69) is 51.2 Å². The summed E-state index contributed by atoms with van der Waals surface area (Å²) in [4.78, 5) is 21.9. The molecule has 130 valence electrons. The molecule has 1 saturated heterocycles. The summed E-state index contributed by atoms with van der Waals surface area (Å²) in [6.07, 6.45) is 1.99. The first kappa shape index (κ1) is 16.1. The molecule has 4 heteroatoms. The number of hydrogen-bond acceptors (Lipinski definition) is 3. The lowest BCUT2D eigenvalue weighted by atomic mass is 9.99. The first-order valence-electron chi connectivity index (χ1n) is 9.18. The number of piperazine rings is 1. The van der Waals surface area contributed by atoms with Crippen LogP contribution in [0.4, 0.5) is 5.69 Å². The molecule has 2 aromatic rings. The molecular weight excluding hydrogens is 310 g/mol. The molecule has 0 saturated carbocycles. The van der Waals surface area contributed by atoms with E-state index in [9.17, 15) is 4.79 Å². The van der Waals surface area contributed by atoms with E-state index in [0.717, 1.165) is 50.4 Å². The van der Waals surface area contributed by atoms with Gasteiger partial charge in [0.15, 0.2) is 0 Å². The van der Waals surface area contributed by atoms with Crippen LogP contribution >= 0.6 is 0 Å². The van der Waals surface area contributed by atoms with Gasteiger partial charge >= 0.3 is 0 Å². The molecule has 1 fully saturated rings. The summed E-state index contributed by atoms with van der Waals surface area (Å²) in [6.45, 7) is 7.46. The lowest BCUT2D eigenvalue weighted by molar-refractivity contribution is -0.133. The van der Waals surface area contributed by atoms with Gasteiger partial charge in [0.25, 0.3) is 0 Å². The van der Waals surface area contributed by atoms with Gasteiger partial charge in [0.1, 0.15) is 0 Å². The molecule has 0 unspecified atom stereocenters. The molecule has 0 bridgehead atoms. The van der Waals surface area contributed by atoms with Gasteiger partial charge in [0, 0.05) is 43.3 Å². The van der Waals surface area contributed by atoms with E-state index < -0.39 is 0 Å². The van der Waals surface area contributed by atoms with E-state index in [1.165, 1.54) is 16.8 Å². The van der Waals surface area contributed by atoms with Gasteiger partial charge in [0.05, 0.1) is 5.92 Å². The highest BCUT2D eigenvalue weighted by molar-refractivity contribution is 5.85. The number of fused-ring (bicyclic) bond motifs is 1. The van der Waals surface area contributed by atoms with E-state index in [0.29, 0.717) is 5.91 Å². The van der Waals surface area contributed by atoms with E-state index in [1.807, 2.05) is 13.8 Å². The topological polar surface area (TPSA) is 36.4 Å². The smallest absolute Gasteiger partial charge is 0.230 e. The maximum Gasteiger partial charge on any atom is 0.230 e. The summed E-state index contributed by atoms with van der Waals surface area (Å²) < 4.78 is 0. The highest BCUT2D eigenvalue weighted by Gasteiger charge is 2.32. The predicted octanol–water partition coefficient (Wildman–Crippen LogP) is 3.08. The Kier molecular flexibility index (Phi) is 4.20. The molecule has 1 aromatic carbocycles. The molecule has 1 aliphatic heterocycles. The number of aryl methyl sites for hydroxylation is 3. The molecule has 4 rings (SSSR count). The fourth-order valence-electron chi connectivity index (χ4n) is 4.21. The van der Waals surface area contributed by atoms with Crippen molar-refractivity contribution in [3.8, 4) is 0 Å². The molecule has 1 amide bonds. The summed E-state index contributed by atoms with van der Waals surface area (Å²) in [7, 11) is 0. The summed E-state index contributed by atoms with van der Waals surface area (Å²) >= 11 is 0. The zero-order valence-electron chi connectivity index (χ0n) is 15.0. The second-order valence-electron chi connectivity index (χ2n) is 7.21. The Morgan fingerprint density at radius 2 is 1.72 bits per heavy atom. The van der Waals surface area contributed by atoms with Crippen molar-refractivity contribution >= 4 is 11.6 Å². The minimum atomic E-state index is 0.0631. The van der Waals surface area contributed by atoms with Crippen LogP contribution in [0, 0.1) is 13.8 Å². The van der Waals surface area contributed by atoms with Crippen LogP contribution in [0.2, 0.25) is 0 Å². The zero-order valence-corrected chi connectivity index (χ0v) is 15.0. The van der Waals surface area contributed by atoms with Crippen LogP contribution in [0.3, 0.4) is 0 Å². The third-order valence-electron chi connectivity index (χ3n) is 5.45. The van der Waals surface area contributed by atoms with Crippen LogP contribution in [-0.2, 0) is 11.2 Å². The number of rotatable bonds is 2. The molecule has 1 aliphatic carbocycles. The van der Waals surface area contributed by atoms with Gasteiger partial charge in [-0.2, -0.15) is 0 Å². The highest BCUT2D eigenvalue weighted by atomic mass is 16.2. The molecule has 2 heterocycles. The number of carbonyl (C=O) groups is 1. The van der Waals surface area contributed by atoms with Crippen molar-refractivity contribution in [1.82, 2.24) is 9.88 Å². The van der Waals surface area contributed by atoms with Crippen LogP contribution in [0.5, 0.6) is 0 Å². The first-order valence-corrected chi connectivity index (χ1v) is 9.18. The van der Waals surface area contributed by atoms with Gasteiger partial charge in [0.2, 0.25) is 5.91 Å². The Hall–Kier alpha value is -2.36. The average molecular weight is 335 g/mol. The normalized spacial score (nSPS) is 19.8. The standard InChI is InChI=1S/C21H25N3O/c1-15-13-18(14-16(2)22-15)23-9-11-24(12-10-23)21(25)20-8-7-17-5-3-4-6-19(17)20/h3-6,13-14,20H,7-12H2,1-2H3/t20-/m1/s1. The Labute approximate surface area is 149 Å². The first-order chi connectivity index (χ1) is 12.1. The van der Waals surface area contributed by atoms with Crippen LogP contribution in [-0.4, -0.2) is 42.0 Å². The predicted molar refractivity (Wildman–Crippen MR) is 100 cm³/mol. The molecule has 4 nitrogen and oxygen atoms in total. The van der Waals surface area contributed by atoms with Gasteiger partial charge in [-0.25, -0.2) is 0 Å². The van der Waals surface area contributed by atoms with Gasteiger partial charge in [-0.05, 0) is 49.9 Å². The van der Waals surface area contributed by atoms with E-state index in [-0.39, 0.29) is 5.92 Å². The summed E-state index contributed by atoms with van der Waals surface area (Å²) in [6, 6.07) is 12.7. The maximum atomic E-state index is 13.0. The molecule has 1 aromatic heterocycles. The number of amides is 1. The van der Waals surface area contributed by atoms with Crippen LogP contribution in [0.15, 0.2) is 36.4 Å². The van der Waals surface area contributed by atoms with Crippen LogP contribution < -0.4 is 4.90 Å². The molecule has 0 spiro atoms. The molecule has 1 atom stereocenters. The van der Waals surface area contributed by atoms with Crippen LogP contribution in [0.25, 0.3) is 0 Å². The van der Waals surface area contributed by atoms with Gasteiger partial charge in [-0.1, -0.05) is 24.3 Å². The maximum absolute atomic E-state index is 13.0. The lowest BCUT2D eigenvalue weighted by Crippen LogP contribution is -2.50. The fraction of sp³-hybridized carbons (Fsp3) is 0.429. The third-order valence-corrected chi connectivity index (χ3v) is 5.45. The van der Waals surface area contributed by atoms with Gasteiger partial charge in [-0.15, -0.1) is 0 Å². The van der Waals surface area contributed by atoms with E-state index in [4.69, 9.17) is 0 Å². The minimum absolute atomic E-state index is 0.0631. The van der Waals surface area contributed by atoms with Crippen molar-refractivity contribution in [1.29, 1.82) is 0 Å². The van der Waals surface area contributed by atoms with Crippen molar-refractivity contribution in [2.45, 2.75) is 32.6 Å². The monoisotopic (exact) mass is 335 g/mol. The average Bonchev–Trinajstić information content (AvgIpc) is 3.04. The van der Waals surface area contributed by atoms with Gasteiger partial charge < -0.3 is 9.80 Å². The van der Waals surface area contributed by atoms with Crippen molar-refractivity contribution in [3.63, 3.8) is 0 Å². The quantitative estimate of drug-likeness (QED) is 0.846. The number of pyridine rings is 1. The Bertz CT molecular complexity index is 773. The molecular formula is C21H25N3O. The molecule has 0 N–H and O–H groups in total. The molecule has 0 radical (unpaired) electrons. The molecule has 2 aliphatic rings. The van der Waals surface area contributed by atoms with Gasteiger partial charge in [-0.3, -0.25) is 9.78 Å². The van der Waals surface area contributed by atoms with Crippen molar-refractivity contribution in [3.05, 3.63) is 58.9 Å². The number of carbonyl (C=O) groups excluding carboxylic acids is 1. The molecule has 25 heavy (non-hydrogen) atoms. The van der Waals surface area contributed by atoms with E-state index >= 15 is 0 Å². The summed E-state index contributed by atoms with van der Waals surface area (Å²) in [5.74, 6) is 0.375. The largest absolute Gasteiger partial charge is 0.368 e. The van der Waals surface area contributed by atoms with Crippen molar-refractivity contribution in [2.24, 2.45) is 0 Å². The van der Waals surface area contributed by atoms with E-state index in [1.54, 1.807) is 0 Å². The fourth-order valence-corrected chi connectivity index (χ4v) is 4.21.